The molecule has 0 radical (unpaired) electrons. The second-order valence-electron chi connectivity index (χ2n) is 6.68. The van der Waals surface area contributed by atoms with E-state index >= 15 is 0 Å². The third kappa shape index (κ3) is 9.18. The maximum absolute atomic E-state index is 12.0. The summed E-state index contributed by atoms with van der Waals surface area (Å²) in [4.78, 5) is 35.2. The molecule has 9 nitrogen and oxygen atoms in total. The Hall–Kier alpha value is -4.27. The van der Waals surface area contributed by atoms with Crippen LogP contribution < -0.4 is 4.74 Å². The molecule has 0 aliphatic heterocycles. The van der Waals surface area contributed by atoms with Crippen LogP contribution in [0, 0.1) is 0 Å². The van der Waals surface area contributed by atoms with E-state index in [2.05, 4.69) is 0 Å². The van der Waals surface area contributed by atoms with E-state index < -0.39 is 24.0 Å². The van der Waals surface area contributed by atoms with Crippen molar-refractivity contribution in [1.82, 2.24) is 0 Å². The minimum atomic E-state index is -0.986. The summed E-state index contributed by atoms with van der Waals surface area (Å²) in [6.45, 7) is 0.542. The first-order valence-electron chi connectivity index (χ1n) is 9.79. The highest BCUT2D eigenvalue weighted by Crippen LogP contribution is 2.26. The number of phenols is 2. The SMILES string of the molecule is COc1cc(/C=C/C(=O)OCC(COC(=O)C=Cc2ccc(O)cc2)OC(C)=O)ccc1O. The van der Waals surface area contributed by atoms with Gasteiger partial charge in [0.15, 0.2) is 17.6 Å². The third-order valence-electron chi connectivity index (χ3n) is 4.08. The highest BCUT2D eigenvalue weighted by atomic mass is 16.6. The van der Waals surface area contributed by atoms with Crippen LogP contribution in [0.25, 0.3) is 12.2 Å². The predicted octanol–water partition coefficient (Wildman–Crippen LogP) is 2.85. The van der Waals surface area contributed by atoms with Crippen molar-refractivity contribution >= 4 is 30.1 Å². The topological polar surface area (TPSA) is 129 Å². The Bertz CT molecular complexity index is 1020. The Kier molecular flexibility index (Phi) is 9.51. The van der Waals surface area contributed by atoms with Gasteiger partial charge < -0.3 is 29.2 Å². The Balaban J connectivity index is 1.86. The lowest BCUT2D eigenvalue weighted by atomic mass is 10.2. The van der Waals surface area contributed by atoms with Gasteiger partial charge in [-0.25, -0.2) is 9.59 Å². The molecule has 0 saturated heterocycles. The fourth-order valence-electron chi connectivity index (χ4n) is 2.51. The number of phenolic OH excluding ortho intramolecular Hbond substituents is 2. The van der Waals surface area contributed by atoms with Crippen LogP contribution in [0.4, 0.5) is 0 Å². The molecule has 0 spiro atoms. The highest BCUT2D eigenvalue weighted by molar-refractivity contribution is 5.87. The zero-order chi connectivity index (χ0) is 24.2. The Morgan fingerprint density at radius 3 is 1.97 bits per heavy atom. The summed E-state index contributed by atoms with van der Waals surface area (Å²) in [6, 6.07) is 10.7. The molecule has 2 N–H and O–H groups in total. The average Bonchev–Trinajstić information content (AvgIpc) is 2.79. The predicted molar refractivity (Wildman–Crippen MR) is 118 cm³/mol. The van der Waals surface area contributed by atoms with Crippen molar-refractivity contribution in [1.29, 1.82) is 0 Å². The number of aromatic hydroxyl groups is 2. The molecule has 9 heteroatoms. The fraction of sp³-hybridized carbons (Fsp3) is 0.208. The van der Waals surface area contributed by atoms with Crippen molar-refractivity contribution in [2.24, 2.45) is 0 Å². The van der Waals surface area contributed by atoms with E-state index in [1.807, 2.05) is 0 Å². The number of rotatable bonds is 10. The van der Waals surface area contributed by atoms with E-state index in [1.165, 1.54) is 56.5 Å². The molecular weight excluding hydrogens is 432 g/mol. The molecule has 174 valence electrons. The summed E-state index contributed by atoms with van der Waals surface area (Å²) < 4.78 is 20.1. The number of hydrogen-bond donors (Lipinski definition) is 2. The normalized spacial score (nSPS) is 11.8. The number of ether oxygens (including phenoxy) is 4. The summed E-state index contributed by atoms with van der Waals surface area (Å²) in [5.41, 5.74) is 1.26. The Labute approximate surface area is 190 Å². The average molecular weight is 456 g/mol. The van der Waals surface area contributed by atoms with Crippen molar-refractivity contribution in [3.05, 3.63) is 65.7 Å². The van der Waals surface area contributed by atoms with Gasteiger partial charge in [-0.15, -0.1) is 0 Å². The molecule has 0 bridgehead atoms. The zero-order valence-corrected chi connectivity index (χ0v) is 18.1. The molecule has 0 fully saturated rings. The molecular formula is C24H24O9. The molecule has 2 aromatic carbocycles. The molecule has 0 saturated carbocycles. The minimum Gasteiger partial charge on any atom is -0.508 e. The number of carbonyl (C=O) groups excluding carboxylic acids is 3. The molecule has 2 aromatic rings. The number of methoxy groups -OCH3 is 1. The van der Waals surface area contributed by atoms with Gasteiger partial charge in [-0.05, 0) is 47.5 Å². The lowest BCUT2D eigenvalue weighted by Crippen LogP contribution is -2.29. The van der Waals surface area contributed by atoms with Gasteiger partial charge in [0.1, 0.15) is 19.0 Å². The Morgan fingerprint density at radius 1 is 0.879 bits per heavy atom. The second-order valence-corrected chi connectivity index (χ2v) is 6.68. The number of hydrogen-bond acceptors (Lipinski definition) is 9. The van der Waals surface area contributed by atoms with E-state index in [9.17, 15) is 24.6 Å². The Morgan fingerprint density at radius 2 is 1.42 bits per heavy atom. The first-order chi connectivity index (χ1) is 15.8. The largest absolute Gasteiger partial charge is 0.508 e. The van der Waals surface area contributed by atoms with E-state index in [1.54, 1.807) is 18.2 Å². The van der Waals surface area contributed by atoms with Gasteiger partial charge >= 0.3 is 17.9 Å². The maximum Gasteiger partial charge on any atom is 0.330 e. The molecule has 1 unspecified atom stereocenters. The van der Waals surface area contributed by atoms with E-state index in [-0.39, 0.29) is 30.5 Å². The summed E-state index contributed by atoms with van der Waals surface area (Å²) in [5, 5.41) is 18.8. The van der Waals surface area contributed by atoms with Crippen LogP contribution in [-0.4, -0.2) is 54.5 Å². The summed E-state index contributed by atoms with van der Waals surface area (Å²) >= 11 is 0. The quantitative estimate of drug-likeness (QED) is 0.315. The zero-order valence-electron chi connectivity index (χ0n) is 18.1. The first kappa shape index (κ1) is 25.0. The van der Waals surface area contributed by atoms with Gasteiger partial charge in [0, 0.05) is 19.1 Å². The lowest BCUT2D eigenvalue weighted by molar-refractivity contribution is -0.162. The second kappa shape index (κ2) is 12.6. The summed E-state index contributed by atoms with van der Waals surface area (Å²) in [5.74, 6) is -1.70. The molecule has 0 amide bonds. The first-order valence-corrected chi connectivity index (χ1v) is 9.79. The molecule has 2 rings (SSSR count). The highest BCUT2D eigenvalue weighted by Gasteiger charge is 2.16. The van der Waals surface area contributed by atoms with E-state index in [0.717, 1.165) is 6.08 Å². The van der Waals surface area contributed by atoms with Crippen LogP contribution >= 0.6 is 0 Å². The van der Waals surface area contributed by atoms with Crippen molar-refractivity contribution in [2.45, 2.75) is 13.0 Å². The molecule has 0 aliphatic rings. The van der Waals surface area contributed by atoms with E-state index in [4.69, 9.17) is 18.9 Å². The molecule has 0 aromatic heterocycles. The monoisotopic (exact) mass is 456 g/mol. The van der Waals surface area contributed by atoms with Gasteiger partial charge in [0.05, 0.1) is 7.11 Å². The molecule has 33 heavy (non-hydrogen) atoms. The summed E-state index contributed by atoms with van der Waals surface area (Å²) in [6.07, 6.45) is 4.30. The number of benzene rings is 2. The van der Waals surface area contributed by atoms with Crippen LogP contribution in [0.2, 0.25) is 0 Å². The van der Waals surface area contributed by atoms with Crippen LogP contribution in [0.5, 0.6) is 17.2 Å². The van der Waals surface area contributed by atoms with E-state index in [0.29, 0.717) is 11.1 Å². The maximum atomic E-state index is 12.0. The molecule has 0 aliphatic carbocycles. The number of carbonyl (C=O) groups is 3. The van der Waals surface area contributed by atoms with Crippen molar-refractivity contribution < 1.29 is 43.5 Å². The molecule has 1 atom stereocenters. The van der Waals surface area contributed by atoms with Crippen LogP contribution in [-0.2, 0) is 28.6 Å². The minimum absolute atomic E-state index is 0.0334. The molecule has 0 heterocycles. The number of esters is 3. The third-order valence-corrected chi connectivity index (χ3v) is 4.08. The van der Waals surface area contributed by atoms with Gasteiger partial charge in [0.2, 0.25) is 0 Å². The van der Waals surface area contributed by atoms with Crippen LogP contribution in [0.3, 0.4) is 0 Å². The van der Waals surface area contributed by atoms with Crippen molar-refractivity contribution in [3.63, 3.8) is 0 Å². The van der Waals surface area contributed by atoms with Gasteiger partial charge in [0.25, 0.3) is 0 Å². The van der Waals surface area contributed by atoms with Gasteiger partial charge in [-0.1, -0.05) is 18.2 Å². The summed E-state index contributed by atoms with van der Waals surface area (Å²) in [7, 11) is 1.40. The fourth-order valence-corrected chi connectivity index (χ4v) is 2.51. The van der Waals surface area contributed by atoms with Crippen molar-refractivity contribution in [2.75, 3.05) is 20.3 Å². The van der Waals surface area contributed by atoms with Crippen molar-refractivity contribution in [3.8, 4) is 17.2 Å². The van der Waals surface area contributed by atoms with Crippen LogP contribution in [0.15, 0.2) is 54.6 Å². The lowest BCUT2D eigenvalue weighted by Gasteiger charge is -2.16. The van der Waals surface area contributed by atoms with Crippen LogP contribution in [0.1, 0.15) is 18.1 Å². The standard InChI is InChI=1S/C24H24O9/c1-16(25)33-20(14-31-23(28)11-6-17-3-8-19(26)9-4-17)15-32-24(29)12-7-18-5-10-21(27)22(13-18)30-2/h3-13,20,26-27H,14-15H2,1-2H3/b11-6?,12-7+. The smallest absolute Gasteiger partial charge is 0.330 e. The van der Waals surface area contributed by atoms with Gasteiger partial charge in [-0.2, -0.15) is 0 Å². The van der Waals surface area contributed by atoms with Gasteiger partial charge in [-0.3, -0.25) is 4.79 Å².